The standard InChI is InChI=1S/C13H23N3O3/c1-9-14-12(19-16-9)6-5-11(18)15-10(7-8-17)13(2,3)4/h10,17H,5-8H2,1-4H3,(H,15,18). The molecule has 0 aliphatic carbocycles. The number of nitrogens with one attached hydrogen (secondary N) is 1. The number of nitrogens with zero attached hydrogens (tertiary/aromatic N) is 2. The molecule has 0 aromatic carbocycles. The highest BCUT2D eigenvalue weighted by Gasteiger charge is 2.25. The average Bonchev–Trinajstić information content (AvgIpc) is 2.71. The SMILES string of the molecule is Cc1noc(CCC(=O)NC(CCO)C(C)(C)C)n1. The highest BCUT2D eigenvalue weighted by Crippen LogP contribution is 2.21. The second-order valence-corrected chi connectivity index (χ2v) is 5.73. The van der Waals surface area contributed by atoms with E-state index in [-0.39, 0.29) is 24.0 Å². The van der Waals surface area contributed by atoms with Gasteiger partial charge in [0.1, 0.15) is 0 Å². The van der Waals surface area contributed by atoms with Crippen LogP contribution < -0.4 is 5.32 Å². The van der Waals surface area contributed by atoms with Gasteiger partial charge in [0.2, 0.25) is 11.8 Å². The summed E-state index contributed by atoms with van der Waals surface area (Å²) in [7, 11) is 0. The van der Waals surface area contributed by atoms with Gasteiger partial charge in [-0.1, -0.05) is 25.9 Å². The van der Waals surface area contributed by atoms with Crippen LogP contribution >= 0.6 is 0 Å². The highest BCUT2D eigenvalue weighted by atomic mass is 16.5. The molecule has 0 fully saturated rings. The lowest BCUT2D eigenvalue weighted by molar-refractivity contribution is -0.122. The lowest BCUT2D eigenvalue weighted by Crippen LogP contribution is -2.44. The van der Waals surface area contributed by atoms with Gasteiger partial charge in [-0.2, -0.15) is 4.98 Å². The lowest BCUT2D eigenvalue weighted by Gasteiger charge is -2.31. The number of aliphatic hydroxyl groups excluding tert-OH is 1. The Balaban J connectivity index is 2.44. The molecule has 0 bridgehead atoms. The summed E-state index contributed by atoms with van der Waals surface area (Å²) in [4.78, 5) is 15.9. The summed E-state index contributed by atoms with van der Waals surface area (Å²) in [6, 6.07) is -0.0468. The molecule has 1 unspecified atom stereocenters. The van der Waals surface area contributed by atoms with Crippen molar-refractivity contribution in [2.45, 2.75) is 53.0 Å². The fraction of sp³-hybridized carbons (Fsp3) is 0.769. The number of aryl methyl sites for hydroxylation is 2. The molecule has 1 aromatic heterocycles. The van der Waals surface area contributed by atoms with Crippen LogP contribution in [-0.4, -0.2) is 33.8 Å². The Morgan fingerprint density at radius 1 is 1.47 bits per heavy atom. The second kappa shape index (κ2) is 6.65. The van der Waals surface area contributed by atoms with Crippen LogP contribution in [0.4, 0.5) is 0 Å². The molecule has 6 nitrogen and oxygen atoms in total. The van der Waals surface area contributed by atoms with Crippen molar-refractivity contribution in [1.82, 2.24) is 15.5 Å². The van der Waals surface area contributed by atoms with Gasteiger partial charge in [0.25, 0.3) is 0 Å². The number of carbonyl (C=O) groups is 1. The molecule has 1 atom stereocenters. The summed E-state index contributed by atoms with van der Waals surface area (Å²) in [6.07, 6.45) is 1.29. The molecular weight excluding hydrogens is 246 g/mol. The Bertz CT molecular complexity index is 410. The molecule has 0 saturated carbocycles. The Labute approximate surface area is 113 Å². The van der Waals surface area contributed by atoms with E-state index in [0.717, 1.165) is 0 Å². The molecule has 108 valence electrons. The predicted molar refractivity (Wildman–Crippen MR) is 70.4 cm³/mol. The average molecular weight is 269 g/mol. The molecule has 0 radical (unpaired) electrons. The number of hydrogen-bond acceptors (Lipinski definition) is 5. The fourth-order valence-electron chi connectivity index (χ4n) is 1.78. The zero-order valence-electron chi connectivity index (χ0n) is 12.1. The van der Waals surface area contributed by atoms with E-state index in [0.29, 0.717) is 31.0 Å². The monoisotopic (exact) mass is 269 g/mol. The van der Waals surface area contributed by atoms with Crippen molar-refractivity contribution in [2.24, 2.45) is 5.41 Å². The van der Waals surface area contributed by atoms with Crippen molar-refractivity contribution in [1.29, 1.82) is 0 Å². The van der Waals surface area contributed by atoms with Gasteiger partial charge in [0.05, 0.1) is 0 Å². The Morgan fingerprint density at radius 3 is 2.63 bits per heavy atom. The van der Waals surface area contributed by atoms with Gasteiger partial charge in [-0.05, 0) is 18.8 Å². The van der Waals surface area contributed by atoms with Gasteiger partial charge in [0, 0.05) is 25.5 Å². The van der Waals surface area contributed by atoms with E-state index in [9.17, 15) is 4.79 Å². The molecule has 1 heterocycles. The first-order chi connectivity index (χ1) is 8.82. The van der Waals surface area contributed by atoms with Crippen LogP contribution in [0.15, 0.2) is 4.52 Å². The zero-order valence-corrected chi connectivity index (χ0v) is 12.1. The second-order valence-electron chi connectivity index (χ2n) is 5.73. The minimum Gasteiger partial charge on any atom is -0.396 e. The van der Waals surface area contributed by atoms with E-state index in [1.54, 1.807) is 6.92 Å². The highest BCUT2D eigenvalue weighted by molar-refractivity contribution is 5.76. The van der Waals surface area contributed by atoms with Gasteiger partial charge in [0.15, 0.2) is 5.82 Å². The summed E-state index contributed by atoms with van der Waals surface area (Å²) < 4.78 is 4.95. The smallest absolute Gasteiger partial charge is 0.227 e. The number of hydrogen-bond donors (Lipinski definition) is 2. The van der Waals surface area contributed by atoms with Gasteiger partial charge in [-0.25, -0.2) is 0 Å². The van der Waals surface area contributed by atoms with Crippen LogP contribution in [0, 0.1) is 12.3 Å². The lowest BCUT2D eigenvalue weighted by atomic mass is 9.85. The van der Waals surface area contributed by atoms with E-state index in [2.05, 4.69) is 15.5 Å². The largest absolute Gasteiger partial charge is 0.396 e. The van der Waals surface area contributed by atoms with Crippen molar-refractivity contribution < 1.29 is 14.4 Å². The fourth-order valence-corrected chi connectivity index (χ4v) is 1.78. The van der Waals surface area contributed by atoms with Crippen molar-refractivity contribution in [2.75, 3.05) is 6.61 Å². The first-order valence-electron chi connectivity index (χ1n) is 6.52. The topological polar surface area (TPSA) is 88.2 Å². The molecule has 0 aliphatic heterocycles. The number of aliphatic hydroxyl groups is 1. The zero-order chi connectivity index (χ0) is 14.5. The Hall–Kier alpha value is -1.43. The minimum absolute atomic E-state index is 0.0468. The maximum Gasteiger partial charge on any atom is 0.227 e. The molecule has 0 aliphatic rings. The summed E-state index contributed by atoms with van der Waals surface area (Å²) in [5.41, 5.74) is -0.0839. The number of rotatable bonds is 6. The van der Waals surface area contributed by atoms with Crippen molar-refractivity contribution in [3.63, 3.8) is 0 Å². The van der Waals surface area contributed by atoms with Gasteiger partial charge < -0.3 is 14.9 Å². The van der Waals surface area contributed by atoms with Crippen LogP contribution in [0.2, 0.25) is 0 Å². The molecule has 1 amide bonds. The number of aromatic nitrogens is 2. The first kappa shape index (κ1) is 15.6. The molecule has 1 rings (SSSR count). The quantitative estimate of drug-likeness (QED) is 0.810. The molecule has 6 heteroatoms. The van der Waals surface area contributed by atoms with Gasteiger partial charge in [-0.15, -0.1) is 0 Å². The van der Waals surface area contributed by atoms with E-state index >= 15 is 0 Å². The maximum atomic E-state index is 11.9. The summed E-state index contributed by atoms with van der Waals surface area (Å²) in [5.74, 6) is 0.981. The van der Waals surface area contributed by atoms with E-state index in [1.165, 1.54) is 0 Å². The van der Waals surface area contributed by atoms with Crippen molar-refractivity contribution in [3.05, 3.63) is 11.7 Å². The van der Waals surface area contributed by atoms with Crippen molar-refractivity contribution in [3.8, 4) is 0 Å². The molecule has 2 N–H and O–H groups in total. The van der Waals surface area contributed by atoms with Gasteiger partial charge >= 0.3 is 0 Å². The van der Waals surface area contributed by atoms with Crippen LogP contribution in [0.1, 0.15) is 45.3 Å². The molecule has 0 spiro atoms. The molecule has 0 saturated heterocycles. The number of carbonyl (C=O) groups excluding carboxylic acids is 1. The van der Waals surface area contributed by atoms with Crippen LogP contribution in [-0.2, 0) is 11.2 Å². The number of amides is 1. The van der Waals surface area contributed by atoms with E-state index in [4.69, 9.17) is 9.63 Å². The van der Waals surface area contributed by atoms with Crippen molar-refractivity contribution >= 4 is 5.91 Å². The predicted octanol–water partition coefficient (Wildman–Crippen LogP) is 1.22. The third-order valence-corrected chi connectivity index (χ3v) is 2.93. The molecule has 1 aromatic rings. The summed E-state index contributed by atoms with van der Waals surface area (Å²) in [6.45, 7) is 7.91. The van der Waals surface area contributed by atoms with Crippen LogP contribution in [0.5, 0.6) is 0 Å². The van der Waals surface area contributed by atoms with E-state index in [1.807, 2.05) is 20.8 Å². The summed E-state index contributed by atoms with van der Waals surface area (Å²) >= 11 is 0. The Kier molecular flexibility index (Phi) is 5.47. The first-order valence-corrected chi connectivity index (χ1v) is 6.52. The maximum absolute atomic E-state index is 11.9. The minimum atomic E-state index is -0.0839. The van der Waals surface area contributed by atoms with E-state index < -0.39 is 0 Å². The van der Waals surface area contributed by atoms with Gasteiger partial charge in [-0.3, -0.25) is 4.79 Å². The van der Waals surface area contributed by atoms with Crippen LogP contribution in [0.25, 0.3) is 0 Å². The third kappa shape index (κ3) is 5.38. The summed E-state index contributed by atoms with van der Waals surface area (Å²) in [5, 5.41) is 15.7. The Morgan fingerprint density at radius 2 is 2.16 bits per heavy atom. The van der Waals surface area contributed by atoms with Crippen LogP contribution in [0.3, 0.4) is 0 Å². The third-order valence-electron chi connectivity index (χ3n) is 2.93. The molecular formula is C13H23N3O3. The normalized spacial score (nSPS) is 13.3. The molecule has 19 heavy (non-hydrogen) atoms.